The number of sulfonamides is 1. The minimum Gasteiger partial charge on any atom is -0.331 e. The number of piperidine rings is 1. The molecule has 1 saturated heterocycles. The Morgan fingerprint density at radius 2 is 1.71 bits per heavy atom. The van der Waals surface area contributed by atoms with E-state index in [1.165, 1.54) is 16.4 Å². The highest BCUT2D eigenvalue weighted by molar-refractivity contribution is 7.89. The van der Waals surface area contributed by atoms with Gasteiger partial charge in [-0.05, 0) is 74.8 Å². The van der Waals surface area contributed by atoms with E-state index in [-0.39, 0.29) is 34.9 Å². The van der Waals surface area contributed by atoms with Gasteiger partial charge in [0, 0.05) is 29.7 Å². The Labute approximate surface area is 193 Å². The second kappa shape index (κ2) is 9.95. The first-order valence-corrected chi connectivity index (χ1v) is 12.1. The number of amides is 1. The molecule has 1 fully saturated rings. The number of hydrazine groups is 1. The minimum absolute atomic E-state index is 0.198. The third-order valence-corrected chi connectivity index (χ3v) is 7.57. The number of anilines is 1. The van der Waals surface area contributed by atoms with Gasteiger partial charge in [0.1, 0.15) is 0 Å². The lowest BCUT2D eigenvalue weighted by Gasteiger charge is -2.30. The van der Waals surface area contributed by atoms with Gasteiger partial charge >= 0.3 is 0 Å². The van der Waals surface area contributed by atoms with Crippen molar-refractivity contribution in [2.45, 2.75) is 31.6 Å². The number of nitrogens with one attached hydrogen (secondary N) is 3. The van der Waals surface area contributed by atoms with Gasteiger partial charge in [0.25, 0.3) is 0 Å². The molecule has 3 rings (SSSR count). The maximum atomic E-state index is 12.8. The summed E-state index contributed by atoms with van der Waals surface area (Å²) in [6.07, 6.45) is 0.856. The molecular formula is C21H25ClN4O3S2. The van der Waals surface area contributed by atoms with Gasteiger partial charge < -0.3 is 5.32 Å². The van der Waals surface area contributed by atoms with Gasteiger partial charge in [-0.15, -0.1) is 0 Å². The van der Waals surface area contributed by atoms with Gasteiger partial charge in [0.15, 0.2) is 5.11 Å². The summed E-state index contributed by atoms with van der Waals surface area (Å²) < 4.78 is 26.9. The number of thiocarbonyl (C=S) groups is 1. The summed E-state index contributed by atoms with van der Waals surface area (Å²) >= 11 is 11.1. The normalized spacial score (nSPS) is 15.3. The number of halogens is 1. The van der Waals surface area contributed by atoms with Crippen LogP contribution in [0.25, 0.3) is 0 Å². The first-order chi connectivity index (χ1) is 14.7. The lowest BCUT2D eigenvalue weighted by atomic mass is 9.98. The van der Waals surface area contributed by atoms with Crippen LogP contribution in [0.1, 0.15) is 24.0 Å². The highest BCUT2D eigenvalue weighted by atomic mass is 35.5. The zero-order chi connectivity index (χ0) is 22.6. The zero-order valence-corrected chi connectivity index (χ0v) is 19.7. The predicted molar refractivity (Wildman–Crippen MR) is 126 cm³/mol. The Morgan fingerprint density at radius 3 is 2.32 bits per heavy atom. The number of carbonyl (C=O) groups excluding carboxylic acids is 1. The molecule has 2 aromatic carbocycles. The maximum absolute atomic E-state index is 12.8. The standard InChI is InChI=1S/C21H25ClN4O3S2/c1-14-3-8-19(15(2)13-14)23-21(30)25-24-20(27)16-9-11-26(12-10-16)31(28,29)18-6-4-17(22)5-7-18/h3-8,13,16H,9-12H2,1-2H3,(H,24,27)(H2,23,25,30). The van der Waals surface area contributed by atoms with Crippen molar-refractivity contribution in [1.82, 2.24) is 15.2 Å². The van der Waals surface area contributed by atoms with Crippen molar-refractivity contribution >= 4 is 50.5 Å². The number of nitrogens with zero attached hydrogens (tertiary/aromatic N) is 1. The fraction of sp³-hybridized carbons (Fsp3) is 0.333. The molecule has 0 atom stereocenters. The smallest absolute Gasteiger partial charge is 0.243 e. The second-order valence-electron chi connectivity index (χ2n) is 7.52. The van der Waals surface area contributed by atoms with Crippen molar-refractivity contribution in [3.05, 3.63) is 58.6 Å². The van der Waals surface area contributed by atoms with E-state index in [1.807, 2.05) is 32.0 Å². The third kappa shape index (κ3) is 5.94. The fourth-order valence-electron chi connectivity index (χ4n) is 3.44. The molecule has 1 aliphatic rings. The fourth-order valence-corrected chi connectivity index (χ4v) is 5.20. The van der Waals surface area contributed by atoms with E-state index in [1.54, 1.807) is 12.1 Å². The number of aryl methyl sites for hydroxylation is 2. The van der Waals surface area contributed by atoms with Gasteiger partial charge in [-0.2, -0.15) is 4.31 Å². The molecular weight excluding hydrogens is 456 g/mol. The Balaban J connectivity index is 1.48. The summed E-state index contributed by atoms with van der Waals surface area (Å²) in [5.74, 6) is -0.513. The molecule has 3 N–H and O–H groups in total. The lowest BCUT2D eigenvalue weighted by Crippen LogP contribution is -2.49. The molecule has 0 bridgehead atoms. The van der Waals surface area contributed by atoms with Crippen LogP contribution in [-0.2, 0) is 14.8 Å². The average molecular weight is 481 g/mol. The summed E-state index contributed by atoms with van der Waals surface area (Å²) in [5, 5.41) is 3.81. The molecule has 10 heteroatoms. The van der Waals surface area contributed by atoms with Crippen molar-refractivity contribution in [2.24, 2.45) is 5.92 Å². The van der Waals surface area contributed by atoms with E-state index < -0.39 is 10.0 Å². The van der Waals surface area contributed by atoms with Crippen LogP contribution in [0.2, 0.25) is 5.02 Å². The van der Waals surface area contributed by atoms with Crippen molar-refractivity contribution in [1.29, 1.82) is 0 Å². The molecule has 1 heterocycles. The molecule has 0 spiro atoms. The molecule has 166 valence electrons. The molecule has 1 amide bonds. The molecule has 31 heavy (non-hydrogen) atoms. The van der Waals surface area contributed by atoms with E-state index in [0.29, 0.717) is 17.9 Å². The first kappa shape index (κ1) is 23.5. The monoisotopic (exact) mass is 480 g/mol. The summed E-state index contributed by atoms with van der Waals surface area (Å²) in [6.45, 7) is 4.53. The van der Waals surface area contributed by atoms with Gasteiger partial charge in [0.05, 0.1) is 4.90 Å². The number of rotatable bonds is 4. The summed E-state index contributed by atoms with van der Waals surface area (Å²) in [7, 11) is -3.60. The van der Waals surface area contributed by atoms with Crippen LogP contribution in [0.3, 0.4) is 0 Å². The Hall–Kier alpha value is -2.20. The van der Waals surface area contributed by atoms with Crippen LogP contribution in [0.5, 0.6) is 0 Å². The van der Waals surface area contributed by atoms with E-state index in [9.17, 15) is 13.2 Å². The highest BCUT2D eigenvalue weighted by Crippen LogP contribution is 2.24. The van der Waals surface area contributed by atoms with Gasteiger partial charge in [-0.1, -0.05) is 29.3 Å². The minimum atomic E-state index is -3.60. The highest BCUT2D eigenvalue weighted by Gasteiger charge is 2.32. The average Bonchev–Trinajstić information content (AvgIpc) is 2.74. The topological polar surface area (TPSA) is 90.5 Å². The van der Waals surface area contributed by atoms with Crippen LogP contribution < -0.4 is 16.2 Å². The van der Waals surface area contributed by atoms with Crippen molar-refractivity contribution in [2.75, 3.05) is 18.4 Å². The van der Waals surface area contributed by atoms with E-state index in [2.05, 4.69) is 16.2 Å². The number of hydrogen-bond acceptors (Lipinski definition) is 4. The summed E-state index contributed by atoms with van der Waals surface area (Å²) in [4.78, 5) is 12.7. The molecule has 0 aliphatic carbocycles. The summed E-state index contributed by atoms with van der Waals surface area (Å²) in [6, 6.07) is 12.0. The van der Waals surface area contributed by atoms with E-state index in [0.717, 1.165) is 16.8 Å². The largest absolute Gasteiger partial charge is 0.331 e. The van der Waals surface area contributed by atoms with Crippen LogP contribution >= 0.6 is 23.8 Å². The number of hydrogen-bond donors (Lipinski definition) is 3. The van der Waals surface area contributed by atoms with Gasteiger partial charge in [-0.25, -0.2) is 8.42 Å². The van der Waals surface area contributed by atoms with Crippen LogP contribution in [0, 0.1) is 19.8 Å². The molecule has 2 aromatic rings. The molecule has 0 unspecified atom stereocenters. The third-order valence-electron chi connectivity index (χ3n) is 5.21. The van der Waals surface area contributed by atoms with Crippen LogP contribution in [0.15, 0.2) is 47.4 Å². The van der Waals surface area contributed by atoms with E-state index >= 15 is 0 Å². The van der Waals surface area contributed by atoms with Crippen molar-refractivity contribution in [3.63, 3.8) is 0 Å². The van der Waals surface area contributed by atoms with Gasteiger partial charge in [-0.3, -0.25) is 15.6 Å². The predicted octanol–water partition coefficient (Wildman–Crippen LogP) is 3.38. The Morgan fingerprint density at radius 1 is 1.06 bits per heavy atom. The molecule has 7 nitrogen and oxygen atoms in total. The number of benzene rings is 2. The lowest BCUT2D eigenvalue weighted by molar-refractivity contribution is -0.126. The second-order valence-corrected chi connectivity index (χ2v) is 10.3. The number of carbonyl (C=O) groups is 1. The Bertz CT molecular complexity index is 1070. The van der Waals surface area contributed by atoms with Crippen molar-refractivity contribution in [3.8, 4) is 0 Å². The van der Waals surface area contributed by atoms with Crippen LogP contribution in [0.4, 0.5) is 5.69 Å². The quantitative estimate of drug-likeness (QED) is 0.459. The van der Waals surface area contributed by atoms with Gasteiger partial charge in [0.2, 0.25) is 15.9 Å². The van der Waals surface area contributed by atoms with E-state index in [4.69, 9.17) is 23.8 Å². The maximum Gasteiger partial charge on any atom is 0.243 e. The Kier molecular flexibility index (Phi) is 7.53. The zero-order valence-electron chi connectivity index (χ0n) is 17.3. The van der Waals surface area contributed by atoms with Crippen molar-refractivity contribution < 1.29 is 13.2 Å². The molecule has 0 aromatic heterocycles. The van der Waals surface area contributed by atoms with Crippen LogP contribution in [-0.4, -0.2) is 36.8 Å². The molecule has 1 aliphatic heterocycles. The SMILES string of the molecule is Cc1ccc(NC(=S)NNC(=O)C2CCN(S(=O)(=O)c3ccc(Cl)cc3)CC2)c(C)c1. The molecule has 0 radical (unpaired) electrons. The first-order valence-electron chi connectivity index (χ1n) is 9.86. The molecule has 0 saturated carbocycles. The summed E-state index contributed by atoms with van der Waals surface area (Å²) in [5.41, 5.74) is 8.40.